The topological polar surface area (TPSA) is 144 Å². The monoisotopic (exact) mass is 300 g/mol. The fourth-order valence-corrected chi connectivity index (χ4v) is 2.61. The molecule has 1 aromatic rings. The second-order valence-corrected chi connectivity index (χ2v) is 5.94. The molecule has 1 aromatic carbocycles. The molecule has 0 heterocycles. The molecule has 0 fully saturated rings. The van der Waals surface area contributed by atoms with Gasteiger partial charge in [-0.05, 0) is 24.6 Å². The van der Waals surface area contributed by atoms with Gasteiger partial charge in [0.25, 0.3) is 0 Å². The summed E-state index contributed by atoms with van der Waals surface area (Å²) in [5.74, 6) is -3.37. The second kappa shape index (κ2) is 5.70. The smallest absolute Gasteiger partial charge is 0.335 e. The van der Waals surface area contributed by atoms with Crippen LogP contribution in [0.4, 0.5) is 4.79 Å². The number of carboxylic acid groups (broad SMARTS) is 1. The highest BCUT2D eigenvalue weighted by atomic mass is 32.2. The van der Waals surface area contributed by atoms with Crippen LogP contribution in [0, 0.1) is 6.92 Å². The third kappa shape index (κ3) is 3.79. The molecule has 1 rings (SSSR count). The number of primary amides is 1. The Morgan fingerprint density at radius 1 is 1.30 bits per heavy atom. The molecule has 0 unspecified atom stereocenters. The lowest BCUT2D eigenvalue weighted by molar-refractivity contribution is -0.117. The maximum atomic E-state index is 11.9. The summed E-state index contributed by atoms with van der Waals surface area (Å²) < 4.78 is 23.8. The zero-order chi connectivity index (χ0) is 15.5. The summed E-state index contributed by atoms with van der Waals surface area (Å²) >= 11 is 0. The molecule has 108 valence electrons. The number of aryl methyl sites for hydroxylation is 1. The van der Waals surface area contributed by atoms with E-state index >= 15 is 0 Å². The number of rotatable bonds is 4. The van der Waals surface area contributed by atoms with Crippen LogP contribution >= 0.6 is 0 Å². The van der Waals surface area contributed by atoms with Crippen molar-refractivity contribution in [1.29, 1.82) is 0 Å². The van der Waals surface area contributed by atoms with Crippen molar-refractivity contribution in [3.8, 4) is 0 Å². The number of aromatic carboxylic acids is 1. The number of carbonyl (C=O) groups is 3. The molecule has 4 N–H and O–H groups in total. The Labute approximate surface area is 114 Å². The maximum absolute atomic E-state index is 11.9. The van der Waals surface area contributed by atoms with Crippen LogP contribution in [0.3, 0.4) is 0 Å². The lowest BCUT2D eigenvalue weighted by atomic mass is 10.1. The van der Waals surface area contributed by atoms with Gasteiger partial charge in [0.2, 0.25) is 5.91 Å². The lowest BCUT2D eigenvalue weighted by Crippen LogP contribution is -2.38. The first-order valence-electron chi connectivity index (χ1n) is 5.29. The number of hydrogen-bond acceptors (Lipinski definition) is 5. The first-order valence-corrected chi connectivity index (χ1v) is 6.94. The molecular formula is C11H12N2O6S. The number of nitrogens with two attached hydrogens (primary N) is 1. The van der Waals surface area contributed by atoms with Crippen molar-refractivity contribution in [3.63, 3.8) is 0 Å². The van der Waals surface area contributed by atoms with E-state index in [1.807, 2.05) is 0 Å². The van der Waals surface area contributed by atoms with Crippen LogP contribution in [0.5, 0.6) is 0 Å². The number of imide groups is 1. The minimum absolute atomic E-state index is 0.179. The van der Waals surface area contributed by atoms with Crippen LogP contribution in [-0.2, 0) is 14.6 Å². The first-order chi connectivity index (χ1) is 9.13. The largest absolute Gasteiger partial charge is 0.478 e. The molecule has 9 heteroatoms. The highest BCUT2D eigenvalue weighted by Crippen LogP contribution is 2.17. The Bertz CT molecular complexity index is 680. The fraction of sp³-hybridized carbons (Fsp3) is 0.182. The van der Waals surface area contributed by atoms with Gasteiger partial charge in [-0.3, -0.25) is 10.1 Å². The minimum atomic E-state index is -4.06. The molecule has 8 nitrogen and oxygen atoms in total. The zero-order valence-electron chi connectivity index (χ0n) is 10.4. The van der Waals surface area contributed by atoms with Gasteiger partial charge in [-0.25, -0.2) is 18.0 Å². The van der Waals surface area contributed by atoms with Gasteiger partial charge in [0.1, 0.15) is 5.75 Å². The van der Waals surface area contributed by atoms with Crippen molar-refractivity contribution in [3.05, 3.63) is 29.3 Å². The van der Waals surface area contributed by atoms with Crippen molar-refractivity contribution in [2.24, 2.45) is 5.73 Å². The Morgan fingerprint density at radius 2 is 1.90 bits per heavy atom. The molecule has 0 aliphatic carbocycles. The van der Waals surface area contributed by atoms with Crippen LogP contribution in [0.25, 0.3) is 0 Å². The number of nitrogens with one attached hydrogen (secondary N) is 1. The molecule has 0 bridgehead atoms. The number of carboxylic acids is 1. The van der Waals surface area contributed by atoms with Gasteiger partial charge >= 0.3 is 12.0 Å². The van der Waals surface area contributed by atoms with Crippen LogP contribution in [0.2, 0.25) is 0 Å². The predicted octanol–water partition coefficient (Wildman–Crippen LogP) is -0.338. The van der Waals surface area contributed by atoms with E-state index in [1.165, 1.54) is 19.1 Å². The molecule has 3 amide bonds. The molecule has 0 aliphatic heterocycles. The molecule has 0 saturated heterocycles. The lowest BCUT2D eigenvalue weighted by Gasteiger charge is -2.07. The predicted molar refractivity (Wildman–Crippen MR) is 67.9 cm³/mol. The third-order valence-corrected chi connectivity index (χ3v) is 4.00. The number of carbonyl (C=O) groups excluding carboxylic acids is 2. The van der Waals surface area contributed by atoms with E-state index in [4.69, 9.17) is 10.8 Å². The molecule has 0 radical (unpaired) electrons. The minimum Gasteiger partial charge on any atom is -0.478 e. The van der Waals surface area contributed by atoms with Gasteiger partial charge in [0, 0.05) is 0 Å². The summed E-state index contributed by atoms with van der Waals surface area (Å²) in [4.78, 5) is 32.3. The average Bonchev–Trinajstić information content (AvgIpc) is 2.26. The fourth-order valence-electron chi connectivity index (χ4n) is 1.45. The Hall–Kier alpha value is -2.42. The number of sulfone groups is 1. The van der Waals surface area contributed by atoms with Crippen LogP contribution in [-0.4, -0.2) is 37.2 Å². The SMILES string of the molecule is Cc1ccc(S(=O)(=O)CC(=O)NC(N)=O)cc1C(=O)O. The Morgan fingerprint density at radius 3 is 2.40 bits per heavy atom. The van der Waals surface area contributed by atoms with Crippen LogP contribution < -0.4 is 11.1 Å². The van der Waals surface area contributed by atoms with E-state index < -0.39 is 33.5 Å². The highest BCUT2D eigenvalue weighted by Gasteiger charge is 2.22. The summed E-state index contributed by atoms with van der Waals surface area (Å²) in [6, 6.07) is 2.31. The molecule has 0 aromatic heterocycles. The first kappa shape index (κ1) is 15.6. The standard InChI is InChI=1S/C11H12N2O6S/c1-6-2-3-7(4-8(6)10(15)16)20(18,19)5-9(14)13-11(12)17/h2-4H,5H2,1H3,(H,15,16)(H3,12,13,14,17). The van der Waals surface area contributed by atoms with E-state index in [1.54, 1.807) is 5.32 Å². The third-order valence-electron chi connectivity index (χ3n) is 2.38. The summed E-state index contributed by atoms with van der Waals surface area (Å²) in [5.41, 5.74) is 4.90. The summed E-state index contributed by atoms with van der Waals surface area (Å²) in [6.07, 6.45) is 0. The van der Waals surface area contributed by atoms with Gasteiger partial charge in [-0.1, -0.05) is 6.07 Å². The number of hydrogen-bond donors (Lipinski definition) is 3. The van der Waals surface area contributed by atoms with Crippen LogP contribution in [0.1, 0.15) is 15.9 Å². The van der Waals surface area contributed by atoms with E-state index in [9.17, 15) is 22.8 Å². The number of benzene rings is 1. The normalized spacial score (nSPS) is 10.8. The molecule has 0 saturated carbocycles. The number of amides is 3. The van der Waals surface area contributed by atoms with E-state index in [0.29, 0.717) is 5.56 Å². The van der Waals surface area contributed by atoms with E-state index in [0.717, 1.165) is 6.07 Å². The number of urea groups is 1. The maximum Gasteiger partial charge on any atom is 0.335 e. The average molecular weight is 300 g/mol. The Balaban J connectivity index is 3.10. The molecule has 0 spiro atoms. The van der Waals surface area contributed by atoms with Gasteiger partial charge in [0.05, 0.1) is 10.5 Å². The summed E-state index contributed by atoms with van der Waals surface area (Å²) in [6.45, 7) is 1.51. The molecular weight excluding hydrogens is 288 g/mol. The summed E-state index contributed by atoms with van der Waals surface area (Å²) in [5, 5.41) is 10.5. The van der Waals surface area contributed by atoms with Gasteiger partial charge < -0.3 is 10.8 Å². The molecule has 20 heavy (non-hydrogen) atoms. The van der Waals surface area contributed by atoms with Gasteiger partial charge in [-0.2, -0.15) is 0 Å². The molecule has 0 atom stereocenters. The molecule has 0 aliphatic rings. The van der Waals surface area contributed by atoms with Crippen molar-refractivity contribution >= 4 is 27.7 Å². The van der Waals surface area contributed by atoms with Crippen molar-refractivity contribution in [2.45, 2.75) is 11.8 Å². The highest BCUT2D eigenvalue weighted by molar-refractivity contribution is 7.92. The van der Waals surface area contributed by atoms with Crippen molar-refractivity contribution in [1.82, 2.24) is 5.32 Å². The van der Waals surface area contributed by atoms with Crippen molar-refractivity contribution < 1.29 is 27.9 Å². The van der Waals surface area contributed by atoms with Crippen LogP contribution in [0.15, 0.2) is 23.1 Å². The zero-order valence-corrected chi connectivity index (χ0v) is 11.2. The van der Waals surface area contributed by atoms with Gasteiger partial charge in [0.15, 0.2) is 9.84 Å². The van der Waals surface area contributed by atoms with E-state index in [2.05, 4.69) is 0 Å². The van der Waals surface area contributed by atoms with Crippen molar-refractivity contribution in [2.75, 3.05) is 5.75 Å². The quantitative estimate of drug-likeness (QED) is 0.694. The second-order valence-electron chi connectivity index (χ2n) is 3.95. The summed E-state index contributed by atoms with van der Waals surface area (Å²) in [7, 11) is -4.06. The van der Waals surface area contributed by atoms with E-state index in [-0.39, 0.29) is 10.5 Å². The van der Waals surface area contributed by atoms with Gasteiger partial charge in [-0.15, -0.1) is 0 Å². The Kier molecular flexibility index (Phi) is 4.45.